The summed E-state index contributed by atoms with van der Waals surface area (Å²) in [7, 11) is 0. The summed E-state index contributed by atoms with van der Waals surface area (Å²) in [4.78, 5) is 24.0. The monoisotopic (exact) mass is 332 g/mol. The predicted molar refractivity (Wildman–Crippen MR) is 88.7 cm³/mol. The van der Waals surface area contributed by atoms with Crippen molar-refractivity contribution >= 4 is 11.8 Å². The second-order valence-electron chi connectivity index (χ2n) is 6.41. The number of carbonyl (C=O) groups is 2. The van der Waals surface area contributed by atoms with Gasteiger partial charge in [0.2, 0.25) is 5.91 Å². The fourth-order valence-corrected chi connectivity index (χ4v) is 3.33. The quantitative estimate of drug-likeness (QED) is 0.852. The summed E-state index contributed by atoms with van der Waals surface area (Å²) >= 11 is 0. The SMILES string of the molecule is Cc1ccccc1OCC(=O)N[C@H]1CCC(=O)N[C@@H]1C1CCCO1. The van der Waals surface area contributed by atoms with Gasteiger partial charge in [-0.15, -0.1) is 0 Å². The molecule has 2 amide bonds. The van der Waals surface area contributed by atoms with Crippen molar-refractivity contribution in [3.05, 3.63) is 29.8 Å². The van der Waals surface area contributed by atoms with E-state index < -0.39 is 0 Å². The Hall–Kier alpha value is -2.08. The van der Waals surface area contributed by atoms with E-state index >= 15 is 0 Å². The first kappa shape index (κ1) is 16.8. The molecule has 0 bridgehead atoms. The highest BCUT2D eigenvalue weighted by atomic mass is 16.5. The van der Waals surface area contributed by atoms with Gasteiger partial charge in [0.15, 0.2) is 6.61 Å². The van der Waals surface area contributed by atoms with Crippen molar-refractivity contribution in [2.24, 2.45) is 0 Å². The van der Waals surface area contributed by atoms with Crippen molar-refractivity contribution in [1.29, 1.82) is 0 Å². The van der Waals surface area contributed by atoms with Crippen LogP contribution in [0, 0.1) is 6.92 Å². The van der Waals surface area contributed by atoms with Gasteiger partial charge in [-0.3, -0.25) is 9.59 Å². The summed E-state index contributed by atoms with van der Waals surface area (Å²) in [5, 5.41) is 5.97. The smallest absolute Gasteiger partial charge is 0.258 e. The maximum Gasteiger partial charge on any atom is 0.258 e. The topological polar surface area (TPSA) is 76.7 Å². The zero-order valence-corrected chi connectivity index (χ0v) is 13.9. The fourth-order valence-electron chi connectivity index (χ4n) is 3.33. The summed E-state index contributed by atoms with van der Waals surface area (Å²) < 4.78 is 11.3. The highest BCUT2D eigenvalue weighted by Crippen LogP contribution is 2.22. The second-order valence-corrected chi connectivity index (χ2v) is 6.41. The number of nitrogens with one attached hydrogen (secondary N) is 2. The molecule has 2 heterocycles. The van der Waals surface area contributed by atoms with E-state index in [9.17, 15) is 9.59 Å². The summed E-state index contributed by atoms with van der Waals surface area (Å²) in [6.45, 7) is 2.62. The lowest BCUT2D eigenvalue weighted by molar-refractivity contribution is -0.129. The Bertz CT molecular complexity index is 598. The third-order valence-electron chi connectivity index (χ3n) is 4.61. The van der Waals surface area contributed by atoms with Gasteiger partial charge < -0.3 is 20.1 Å². The summed E-state index contributed by atoms with van der Waals surface area (Å²) in [5.74, 6) is 0.555. The van der Waals surface area contributed by atoms with Crippen molar-refractivity contribution in [2.45, 2.75) is 50.8 Å². The van der Waals surface area contributed by atoms with Gasteiger partial charge in [-0.05, 0) is 37.8 Å². The second kappa shape index (κ2) is 7.66. The lowest BCUT2D eigenvalue weighted by Crippen LogP contribution is -2.60. The highest BCUT2D eigenvalue weighted by Gasteiger charge is 2.37. The van der Waals surface area contributed by atoms with Crippen LogP contribution in [0.4, 0.5) is 0 Å². The van der Waals surface area contributed by atoms with E-state index in [4.69, 9.17) is 9.47 Å². The van der Waals surface area contributed by atoms with Gasteiger partial charge in [0.05, 0.1) is 18.2 Å². The fraction of sp³-hybridized carbons (Fsp3) is 0.556. The molecule has 24 heavy (non-hydrogen) atoms. The number of hydrogen-bond donors (Lipinski definition) is 2. The Morgan fingerprint density at radius 2 is 2.21 bits per heavy atom. The lowest BCUT2D eigenvalue weighted by Gasteiger charge is -2.36. The van der Waals surface area contributed by atoms with Crippen LogP contribution in [0.15, 0.2) is 24.3 Å². The predicted octanol–water partition coefficient (Wildman–Crippen LogP) is 1.32. The molecule has 0 aromatic heterocycles. The maximum absolute atomic E-state index is 12.2. The Kier molecular flexibility index (Phi) is 5.35. The molecule has 0 radical (unpaired) electrons. The summed E-state index contributed by atoms with van der Waals surface area (Å²) in [6.07, 6.45) is 2.95. The van der Waals surface area contributed by atoms with Gasteiger partial charge in [-0.1, -0.05) is 18.2 Å². The number of benzene rings is 1. The molecule has 3 rings (SSSR count). The largest absolute Gasteiger partial charge is 0.484 e. The maximum atomic E-state index is 12.2. The van der Waals surface area contributed by atoms with Crippen molar-refractivity contribution in [1.82, 2.24) is 10.6 Å². The molecule has 2 aliphatic rings. The number of aryl methyl sites for hydroxylation is 1. The van der Waals surface area contributed by atoms with Crippen LogP contribution < -0.4 is 15.4 Å². The Labute approximate surface area is 141 Å². The molecule has 0 spiro atoms. The zero-order chi connectivity index (χ0) is 16.9. The molecule has 130 valence electrons. The van der Waals surface area contributed by atoms with Crippen LogP contribution in [0.3, 0.4) is 0 Å². The van der Waals surface area contributed by atoms with Crippen LogP contribution in [-0.4, -0.2) is 43.2 Å². The molecular formula is C18H24N2O4. The van der Waals surface area contributed by atoms with Gasteiger partial charge in [-0.25, -0.2) is 0 Å². The van der Waals surface area contributed by atoms with E-state index in [2.05, 4.69) is 10.6 Å². The average Bonchev–Trinajstić information content (AvgIpc) is 3.10. The molecule has 1 aromatic rings. The number of ether oxygens (including phenoxy) is 2. The molecule has 0 saturated carbocycles. The minimum Gasteiger partial charge on any atom is -0.484 e. The first-order valence-corrected chi connectivity index (χ1v) is 8.52. The molecule has 2 N–H and O–H groups in total. The lowest BCUT2D eigenvalue weighted by atomic mass is 9.92. The molecule has 2 aliphatic heterocycles. The van der Waals surface area contributed by atoms with Crippen LogP contribution >= 0.6 is 0 Å². The van der Waals surface area contributed by atoms with Crippen LogP contribution in [0.5, 0.6) is 5.75 Å². The van der Waals surface area contributed by atoms with Crippen LogP contribution in [0.2, 0.25) is 0 Å². The minimum atomic E-state index is -0.178. The van der Waals surface area contributed by atoms with Crippen LogP contribution in [0.25, 0.3) is 0 Å². The molecule has 1 unspecified atom stereocenters. The van der Waals surface area contributed by atoms with Gasteiger partial charge >= 0.3 is 0 Å². The number of rotatable bonds is 5. The third kappa shape index (κ3) is 4.06. The van der Waals surface area contributed by atoms with E-state index in [-0.39, 0.29) is 36.6 Å². The van der Waals surface area contributed by atoms with Crippen molar-refractivity contribution in [2.75, 3.05) is 13.2 Å². The first-order valence-electron chi connectivity index (χ1n) is 8.52. The Morgan fingerprint density at radius 1 is 1.38 bits per heavy atom. The summed E-state index contributed by atoms with van der Waals surface area (Å²) in [6, 6.07) is 7.33. The molecule has 1 aromatic carbocycles. The van der Waals surface area contributed by atoms with E-state index in [1.54, 1.807) is 0 Å². The van der Waals surface area contributed by atoms with Crippen molar-refractivity contribution in [3.8, 4) is 5.75 Å². The molecule has 2 fully saturated rings. The van der Waals surface area contributed by atoms with E-state index in [1.807, 2.05) is 31.2 Å². The molecule has 6 heteroatoms. The molecule has 0 aliphatic carbocycles. The number of amides is 2. The third-order valence-corrected chi connectivity index (χ3v) is 4.61. The Balaban J connectivity index is 1.55. The van der Waals surface area contributed by atoms with Crippen molar-refractivity contribution in [3.63, 3.8) is 0 Å². The van der Waals surface area contributed by atoms with Gasteiger partial charge in [0, 0.05) is 13.0 Å². The van der Waals surface area contributed by atoms with Crippen LogP contribution in [0.1, 0.15) is 31.2 Å². The normalized spacial score (nSPS) is 26.7. The number of piperidine rings is 1. The standard InChI is InChI=1S/C18H24N2O4/c1-12-5-2-3-6-14(12)24-11-17(22)19-13-8-9-16(21)20-18(13)15-7-4-10-23-15/h2-3,5-6,13,15,18H,4,7-11H2,1H3,(H,19,22)(H,20,21)/t13-,15?,18-/m0/s1. The van der Waals surface area contributed by atoms with E-state index in [0.29, 0.717) is 25.2 Å². The highest BCUT2D eigenvalue weighted by molar-refractivity contribution is 5.80. The minimum absolute atomic E-state index is 0.0168. The first-order chi connectivity index (χ1) is 11.6. The number of hydrogen-bond acceptors (Lipinski definition) is 4. The molecular weight excluding hydrogens is 308 g/mol. The van der Waals surface area contributed by atoms with E-state index in [0.717, 1.165) is 18.4 Å². The van der Waals surface area contributed by atoms with Gasteiger partial charge in [0.1, 0.15) is 5.75 Å². The summed E-state index contributed by atoms with van der Waals surface area (Å²) in [5.41, 5.74) is 0.993. The molecule has 2 saturated heterocycles. The van der Waals surface area contributed by atoms with Gasteiger partial charge in [0.25, 0.3) is 5.91 Å². The van der Waals surface area contributed by atoms with Crippen molar-refractivity contribution < 1.29 is 19.1 Å². The average molecular weight is 332 g/mol. The van der Waals surface area contributed by atoms with Crippen LogP contribution in [-0.2, 0) is 14.3 Å². The zero-order valence-electron chi connectivity index (χ0n) is 13.9. The Morgan fingerprint density at radius 3 is 2.96 bits per heavy atom. The molecule has 6 nitrogen and oxygen atoms in total. The molecule has 3 atom stereocenters. The van der Waals surface area contributed by atoms with E-state index in [1.165, 1.54) is 0 Å². The van der Waals surface area contributed by atoms with Gasteiger partial charge in [-0.2, -0.15) is 0 Å². The number of carbonyl (C=O) groups excluding carboxylic acids is 2. The number of para-hydroxylation sites is 1.